The molecule has 1 N–H and O–H groups in total. The normalized spacial score (nSPS) is 24.8. The first-order valence-corrected chi connectivity index (χ1v) is 5.42. The fourth-order valence-corrected chi connectivity index (χ4v) is 1.45. The molecule has 0 saturated carbocycles. The van der Waals surface area contributed by atoms with Gasteiger partial charge in [0.05, 0.1) is 12.5 Å². The fraction of sp³-hybridized carbons (Fsp3) is 0.727. The van der Waals surface area contributed by atoms with Gasteiger partial charge in [-0.3, -0.25) is 4.79 Å². The Morgan fingerprint density at radius 3 is 2.71 bits per heavy atom. The molecule has 1 rings (SSSR count). The molecule has 17 heavy (non-hydrogen) atoms. The van der Waals surface area contributed by atoms with Crippen molar-refractivity contribution in [2.24, 2.45) is 5.92 Å². The summed E-state index contributed by atoms with van der Waals surface area (Å²) in [7, 11) is 0. The van der Waals surface area contributed by atoms with Crippen molar-refractivity contribution in [2.75, 3.05) is 6.61 Å². The minimum Gasteiger partial charge on any atom is -0.463 e. The van der Waals surface area contributed by atoms with E-state index in [9.17, 15) is 14.4 Å². The Bertz CT molecular complexity index is 320. The maximum Gasteiger partial charge on any atom is 0.408 e. The van der Waals surface area contributed by atoms with Gasteiger partial charge in [0.25, 0.3) is 0 Å². The van der Waals surface area contributed by atoms with Gasteiger partial charge in [-0.2, -0.15) is 0 Å². The number of ether oxygens (including phenoxy) is 2. The van der Waals surface area contributed by atoms with Crippen LogP contribution in [0, 0.1) is 5.92 Å². The number of carbonyl (C=O) groups is 3. The summed E-state index contributed by atoms with van der Waals surface area (Å²) in [5.74, 6) is -0.979. The van der Waals surface area contributed by atoms with Crippen LogP contribution in [0.5, 0.6) is 0 Å². The van der Waals surface area contributed by atoms with Crippen LogP contribution < -0.4 is 5.32 Å². The molecule has 0 aromatic carbocycles. The van der Waals surface area contributed by atoms with E-state index in [2.05, 4.69) is 5.32 Å². The van der Waals surface area contributed by atoms with Crippen LogP contribution in [0.1, 0.15) is 27.2 Å². The third-order valence-corrected chi connectivity index (χ3v) is 2.22. The molecule has 0 aliphatic carbocycles. The molecule has 2 atom stereocenters. The van der Waals surface area contributed by atoms with Crippen LogP contribution >= 0.6 is 0 Å². The highest BCUT2D eigenvalue weighted by atomic mass is 16.6. The van der Waals surface area contributed by atoms with E-state index in [1.807, 2.05) is 0 Å². The van der Waals surface area contributed by atoms with Gasteiger partial charge < -0.3 is 19.6 Å². The van der Waals surface area contributed by atoms with Crippen molar-refractivity contribution in [1.29, 1.82) is 0 Å². The van der Waals surface area contributed by atoms with Crippen molar-refractivity contribution in [1.82, 2.24) is 5.32 Å². The first-order valence-electron chi connectivity index (χ1n) is 5.42. The lowest BCUT2D eigenvalue weighted by Gasteiger charge is -2.29. The number of nitrogens with one attached hydrogen (secondary N) is 1. The highest BCUT2D eigenvalue weighted by Crippen LogP contribution is 2.15. The van der Waals surface area contributed by atoms with E-state index in [-0.39, 0.29) is 13.0 Å². The minimum absolute atomic E-state index is 0.00147. The monoisotopic (exact) mass is 243 g/mol. The number of esters is 1. The minimum atomic E-state index is -0.618. The Morgan fingerprint density at radius 1 is 1.53 bits per heavy atom. The highest BCUT2D eigenvalue weighted by Gasteiger charge is 2.32. The molecule has 0 radical (unpaired) electrons. The smallest absolute Gasteiger partial charge is 0.408 e. The largest absolute Gasteiger partial charge is 0.463 e. The van der Waals surface area contributed by atoms with E-state index in [0.29, 0.717) is 6.29 Å². The molecular formula is C11H17NO5. The molecule has 0 bridgehead atoms. The summed E-state index contributed by atoms with van der Waals surface area (Å²) in [5, 5.41) is 2.53. The van der Waals surface area contributed by atoms with Gasteiger partial charge in [0.1, 0.15) is 18.5 Å². The second kappa shape index (κ2) is 5.16. The third kappa shape index (κ3) is 4.42. The average Bonchev–Trinajstić information content (AvgIpc) is 2.17. The Morgan fingerprint density at radius 2 is 2.18 bits per heavy atom. The van der Waals surface area contributed by atoms with Crippen molar-refractivity contribution in [3.8, 4) is 0 Å². The van der Waals surface area contributed by atoms with Crippen LogP contribution in [0.2, 0.25) is 0 Å². The van der Waals surface area contributed by atoms with Crippen LogP contribution in [0.15, 0.2) is 0 Å². The molecule has 0 aromatic rings. The number of aldehydes is 1. The Kier molecular flexibility index (Phi) is 4.09. The summed E-state index contributed by atoms with van der Waals surface area (Å²) in [4.78, 5) is 33.2. The van der Waals surface area contributed by atoms with E-state index in [1.165, 1.54) is 0 Å². The Labute approximate surface area is 99.6 Å². The van der Waals surface area contributed by atoms with E-state index in [1.54, 1.807) is 20.8 Å². The van der Waals surface area contributed by atoms with Gasteiger partial charge in [-0.05, 0) is 20.8 Å². The molecule has 6 heteroatoms. The molecule has 6 nitrogen and oxygen atoms in total. The van der Waals surface area contributed by atoms with Gasteiger partial charge >= 0.3 is 12.1 Å². The number of hydrogen-bond acceptors (Lipinski definition) is 5. The molecule has 1 saturated heterocycles. The number of alkyl carbamates (subject to hydrolysis) is 1. The van der Waals surface area contributed by atoms with Gasteiger partial charge in [0.2, 0.25) is 0 Å². The third-order valence-electron chi connectivity index (χ3n) is 2.22. The Balaban J connectivity index is 2.52. The molecule has 0 aromatic heterocycles. The number of hydrogen-bond donors (Lipinski definition) is 1. The number of amides is 1. The zero-order valence-electron chi connectivity index (χ0n) is 10.2. The highest BCUT2D eigenvalue weighted by molar-refractivity contribution is 5.76. The molecular weight excluding hydrogens is 226 g/mol. The molecule has 96 valence electrons. The lowest BCUT2D eigenvalue weighted by Crippen LogP contribution is -2.49. The zero-order valence-corrected chi connectivity index (χ0v) is 10.2. The van der Waals surface area contributed by atoms with Gasteiger partial charge in [0.15, 0.2) is 0 Å². The summed E-state index contributed by atoms with van der Waals surface area (Å²) in [6.07, 6.45) is 0.0270. The average molecular weight is 243 g/mol. The molecule has 1 heterocycles. The van der Waals surface area contributed by atoms with Crippen LogP contribution in [-0.2, 0) is 19.1 Å². The van der Waals surface area contributed by atoms with Gasteiger partial charge in [0, 0.05) is 5.92 Å². The van der Waals surface area contributed by atoms with Crippen LogP contribution in [0.4, 0.5) is 4.79 Å². The second-order valence-electron chi connectivity index (χ2n) is 4.94. The molecule has 1 amide bonds. The van der Waals surface area contributed by atoms with Crippen molar-refractivity contribution < 1.29 is 23.9 Å². The summed E-state index contributed by atoms with van der Waals surface area (Å²) in [6.45, 7) is 5.22. The van der Waals surface area contributed by atoms with Crippen molar-refractivity contribution in [3.05, 3.63) is 0 Å². The first-order chi connectivity index (χ1) is 7.81. The van der Waals surface area contributed by atoms with Gasteiger partial charge in [-0.15, -0.1) is 0 Å². The molecule has 0 unspecified atom stereocenters. The quantitative estimate of drug-likeness (QED) is 0.568. The standard InChI is InChI=1S/C11H17NO5/c1-11(2,3)17-10(15)12-8-6-16-9(14)4-7(8)5-13/h5,7-8H,4,6H2,1-3H3,(H,12,15)/t7-,8+/m0/s1. The summed E-state index contributed by atoms with van der Waals surface area (Å²) < 4.78 is 9.84. The number of rotatable bonds is 2. The number of carbonyl (C=O) groups excluding carboxylic acids is 3. The molecule has 1 aliphatic rings. The fourth-order valence-electron chi connectivity index (χ4n) is 1.45. The predicted molar refractivity (Wildman–Crippen MR) is 58.3 cm³/mol. The zero-order chi connectivity index (χ0) is 13.1. The Hall–Kier alpha value is -1.59. The second-order valence-corrected chi connectivity index (χ2v) is 4.94. The van der Waals surface area contributed by atoms with E-state index in [4.69, 9.17) is 9.47 Å². The molecule has 0 spiro atoms. The lowest BCUT2D eigenvalue weighted by atomic mass is 9.96. The van der Waals surface area contributed by atoms with Crippen LogP contribution in [-0.4, -0.2) is 36.6 Å². The van der Waals surface area contributed by atoms with E-state index in [0.717, 1.165) is 0 Å². The van der Waals surface area contributed by atoms with Gasteiger partial charge in [-0.25, -0.2) is 4.79 Å². The van der Waals surface area contributed by atoms with Crippen molar-refractivity contribution >= 4 is 18.3 Å². The maximum absolute atomic E-state index is 11.5. The molecule has 1 fully saturated rings. The van der Waals surface area contributed by atoms with Crippen molar-refractivity contribution in [2.45, 2.75) is 38.8 Å². The summed E-state index contributed by atoms with van der Waals surface area (Å²) in [6, 6.07) is -0.514. The van der Waals surface area contributed by atoms with E-state index >= 15 is 0 Å². The first kappa shape index (κ1) is 13.5. The SMILES string of the molecule is CC(C)(C)OC(=O)N[C@@H]1COC(=O)C[C@H]1C=O. The molecule has 1 aliphatic heterocycles. The van der Waals surface area contributed by atoms with Crippen LogP contribution in [0.25, 0.3) is 0 Å². The summed E-state index contributed by atoms with van der Waals surface area (Å²) >= 11 is 0. The van der Waals surface area contributed by atoms with Crippen molar-refractivity contribution in [3.63, 3.8) is 0 Å². The van der Waals surface area contributed by atoms with E-state index < -0.39 is 29.6 Å². The maximum atomic E-state index is 11.5. The summed E-state index contributed by atoms with van der Waals surface area (Å²) in [5.41, 5.74) is -0.605. The lowest BCUT2D eigenvalue weighted by molar-refractivity contribution is -0.152. The van der Waals surface area contributed by atoms with Crippen LogP contribution in [0.3, 0.4) is 0 Å². The topological polar surface area (TPSA) is 81.7 Å². The van der Waals surface area contributed by atoms with Gasteiger partial charge in [-0.1, -0.05) is 0 Å². The number of cyclic esters (lactones) is 1. The predicted octanol–water partition coefficient (Wildman–Crippen LogP) is 0.642.